The van der Waals surface area contributed by atoms with Crippen LogP contribution in [0.2, 0.25) is 0 Å². The van der Waals surface area contributed by atoms with Gasteiger partial charge >= 0.3 is 0 Å². The predicted molar refractivity (Wildman–Crippen MR) is 109 cm³/mol. The molecule has 1 aliphatic heterocycles. The lowest BCUT2D eigenvalue weighted by Gasteiger charge is -2.20. The van der Waals surface area contributed by atoms with Gasteiger partial charge in [0.25, 0.3) is 0 Å². The second kappa shape index (κ2) is 9.59. The Morgan fingerprint density at radius 3 is 2.64 bits per heavy atom. The minimum atomic E-state index is 0.0488. The molecule has 0 radical (unpaired) electrons. The zero-order valence-electron chi connectivity index (χ0n) is 16.4. The van der Waals surface area contributed by atoms with Crippen molar-refractivity contribution in [2.75, 3.05) is 39.7 Å². The van der Waals surface area contributed by atoms with E-state index < -0.39 is 0 Å². The van der Waals surface area contributed by atoms with Crippen LogP contribution >= 0.6 is 11.8 Å². The van der Waals surface area contributed by atoms with Crippen LogP contribution in [0.25, 0.3) is 0 Å². The summed E-state index contributed by atoms with van der Waals surface area (Å²) >= 11 is 1.49. The van der Waals surface area contributed by atoms with Gasteiger partial charge in [0, 0.05) is 18.5 Å². The molecule has 150 valence electrons. The summed E-state index contributed by atoms with van der Waals surface area (Å²) in [5, 5.41) is 0. The molecule has 6 nitrogen and oxygen atoms in total. The number of nitrogens with zero attached hydrogens (tertiary/aromatic N) is 1. The number of carbonyl (C=O) groups excluding carboxylic acids is 1. The number of rotatable bonds is 8. The molecule has 2 aromatic rings. The SMILES string of the molecule is CCOc1ccc(CN(C)C(=O)CSc2ccc3c(c2)OCCO3)cc1OC. The Morgan fingerprint density at radius 1 is 1.11 bits per heavy atom. The summed E-state index contributed by atoms with van der Waals surface area (Å²) in [6.07, 6.45) is 0. The van der Waals surface area contributed by atoms with E-state index in [-0.39, 0.29) is 5.91 Å². The van der Waals surface area contributed by atoms with Gasteiger partial charge in [-0.1, -0.05) is 6.07 Å². The monoisotopic (exact) mass is 403 g/mol. The third-order valence-electron chi connectivity index (χ3n) is 4.25. The van der Waals surface area contributed by atoms with Crippen LogP contribution in [0.15, 0.2) is 41.3 Å². The fourth-order valence-electron chi connectivity index (χ4n) is 2.82. The van der Waals surface area contributed by atoms with Gasteiger partial charge in [-0.25, -0.2) is 0 Å². The summed E-state index contributed by atoms with van der Waals surface area (Å²) in [5.74, 6) is 3.27. The van der Waals surface area contributed by atoms with Crippen molar-refractivity contribution < 1.29 is 23.7 Å². The molecule has 0 unspecified atom stereocenters. The minimum Gasteiger partial charge on any atom is -0.493 e. The summed E-state index contributed by atoms with van der Waals surface area (Å²) in [6, 6.07) is 11.5. The van der Waals surface area contributed by atoms with E-state index in [1.807, 2.05) is 43.3 Å². The quantitative estimate of drug-likeness (QED) is 0.628. The lowest BCUT2D eigenvalue weighted by molar-refractivity contribution is -0.127. The Labute approximate surface area is 169 Å². The first kappa shape index (κ1) is 20.2. The lowest BCUT2D eigenvalue weighted by Crippen LogP contribution is -2.27. The van der Waals surface area contributed by atoms with E-state index in [0.29, 0.717) is 43.6 Å². The highest BCUT2D eigenvalue weighted by atomic mass is 32.2. The molecule has 0 aliphatic carbocycles. The maximum absolute atomic E-state index is 12.5. The predicted octanol–water partition coefficient (Wildman–Crippen LogP) is 3.62. The Morgan fingerprint density at radius 2 is 1.89 bits per heavy atom. The lowest BCUT2D eigenvalue weighted by atomic mass is 10.2. The molecule has 0 spiro atoms. The van der Waals surface area contributed by atoms with E-state index in [0.717, 1.165) is 22.0 Å². The Kier molecular flexibility index (Phi) is 6.92. The summed E-state index contributed by atoms with van der Waals surface area (Å²) in [4.78, 5) is 15.2. The van der Waals surface area contributed by atoms with Gasteiger partial charge in [0.2, 0.25) is 5.91 Å². The summed E-state index contributed by atoms with van der Waals surface area (Å²) in [6.45, 7) is 4.13. The van der Waals surface area contributed by atoms with Gasteiger partial charge in [-0.15, -0.1) is 11.8 Å². The first-order chi connectivity index (χ1) is 13.6. The number of carbonyl (C=O) groups is 1. The smallest absolute Gasteiger partial charge is 0.232 e. The molecule has 3 rings (SSSR count). The second-order valence-corrected chi connectivity index (χ2v) is 7.31. The standard InChI is InChI=1S/C21H25NO5S/c1-4-25-17-7-5-15(11-19(17)24-3)13-22(2)21(23)14-28-16-6-8-18-20(12-16)27-10-9-26-18/h5-8,11-12H,4,9-10,13-14H2,1-3H3. The molecule has 0 N–H and O–H groups in total. The van der Waals surface area contributed by atoms with E-state index in [4.69, 9.17) is 18.9 Å². The topological polar surface area (TPSA) is 57.2 Å². The van der Waals surface area contributed by atoms with Crippen molar-refractivity contribution in [2.24, 2.45) is 0 Å². The molecular formula is C21H25NO5S. The van der Waals surface area contributed by atoms with Gasteiger partial charge in [0.1, 0.15) is 13.2 Å². The fourth-order valence-corrected chi connectivity index (χ4v) is 3.68. The van der Waals surface area contributed by atoms with Crippen molar-refractivity contribution >= 4 is 17.7 Å². The van der Waals surface area contributed by atoms with Crippen LogP contribution in [-0.4, -0.2) is 50.5 Å². The molecule has 7 heteroatoms. The number of hydrogen-bond acceptors (Lipinski definition) is 6. The highest BCUT2D eigenvalue weighted by Gasteiger charge is 2.15. The normalized spacial score (nSPS) is 12.4. The molecule has 0 aromatic heterocycles. The second-order valence-electron chi connectivity index (χ2n) is 6.26. The molecule has 1 aliphatic rings. The summed E-state index contributed by atoms with van der Waals surface area (Å²) in [7, 11) is 3.41. The van der Waals surface area contributed by atoms with Gasteiger partial charge in [-0.2, -0.15) is 0 Å². The number of hydrogen-bond donors (Lipinski definition) is 0. The van der Waals surface area contributed by atoms with Crippen molar-refractivity contribution in [3.05, 3.63) is 42.0 Å². The summed E-state index contributed by atoms with van der Waals surface area (Å²) < 4.78 is 22.0. The molecular weight excluding hydrogens is 378 g/mol. The van der Waals surface area contributed by atoms with E-state index in [1.54, 1.807) is 19.1 Å². The van der Waals surface area contributed by atoms with E-state index in [9.17, 15) is 4.79 Å². The highest BCUT2D eigenvalue weighted by molar-refractivity contribution is 8.00. The number of amides is 1. The van der Waals surface area contributed by atoms with Crippen molar-refractivity contribution in [1.29, 1.82) is 0 Å². The first-order valence-corrected chi connectivity index (χ1v) is 10.2. The Bertz CT molecular complexity index is 826. The van der Waals surface area contributed by atoms with Gasteiger partial charge in [0.15, 0.2) is 23.0 Å². The largest absolute Gasteiger partial charge is 0.493 e. The van der Waals surface area contributed by atoms with E-state index in [2.05, 4.69) is 0 Å². The van der Waals surface area contributed by atoms with Gasteiger partial charge in [0.05, 0.1) is 19.5 Å². The van der Waals surface area contributed by atoms with Crippen LogP contribution in [0.5, 0.6) is 23.0 Å². The van der Waals surface area contributed by atoms with Gasteiger partial charge in [-0.3, -0.25) is 4.79 Å². The van der Waals surface area contributed by atoms with E-state index in [1.165, 1.54) is 11.8 Å². The number of methoxy groups -OCH3 is 1. The van der Waals surface area contributed by atoms with E-state index >= 15 is 0 Å². The molecule has 1 heterocycles. The average Bonchev–Trinajstić information content (AvgIpc) is 2.73. The third-order valence-corrected chi connectivity index (χ3v) is 5.23. The first-order valence-electron chi connectivity index (χ1n) is 9.17. The zero-order chi connectivity index (χ0) is 19.9. The van der Waals surface area contributed by atoms with Crippen LogP contribution in [0.1, 0.15) is 12.5 Å². The zero-order valence-corrected chi connectivity index (χ0v) is 17.2. The Balaban J connectivity index is 1.56. The maximum Gasteiger partial charge on any atom is 0.232 e. The molecule has 0 bridgehead atoms. The third kappa shape index (κ3) is 5.04. The molecule has 0 fully saturated rings. The van der Waals surface area contributed by atoms with Crippen LogP contribution < -0.4 is 18.9 Å². The Hall–Kier alpha value is -2.54. The van der Waals surface area contributed by atoms with Crippen LogP contribution in [0, 0.1) is 0 Å². The minimum absolute atomic E-state index is 0.0488. The number of ether oxygens (including phenoxy) is 4. The van der Waals surface area contributed by atoms with Gasteiger partial charge < -0.3 is 23.8 Å². The van der Waals surface area contributed by atoms with Crippen LogP contribution in [0.4, 0.5) is 0 Å². The number of thioether (sulfide) groups is 1. The van der Waals surface area contributed by atoms with Crippen LogP contribution in [0.3, 0.4) is 0 Å². The highest BCUT2D eigenvalue weighted by Crippen LogP contribution is 2.34. The number of fused-ring (bicyclic) bond motifs is 1. The molecule has 0 saturated carbocycles. The fraction of sp³-hybridized carbons (Fsp3) is 0.381. The van der Waals surface area contributed by atoms with Crippen molar-refractivity contribution in [3.8, 4) is 23.0 Å². The van der Waals surface area contributed by atoms with Crippen molar-refractivity contribution in [1.82, 2.24) is 4.90 Å². The van der Waals surface area contributed by atoms with Crippen LogP contribution in [-0.2, 0) is 11.3 Å². The molecule has 2 aromatic carbocycles. The maximum atomic E-state index is 12.5. The summed E-state index contributed by atoms with van der Waals surface area (Å²) in [5.41, 5.74) is 0.987. The molecule has 0 atom stereocenters. The molecule has 0 saturated heterocycles. The number of benzene rings is 2. The molecule has 1 amide bonds. The van der Waals surface area contributed by atoms with Gasteiger partial charge in [-0.05, 0) is 42.8 Å². The molecule has 28 heavy (non-hydrogen) atoms. The van der Waals surface area contributed by atoms with Crippen molar-refractivity contribution in [2.45, 2.75) is 18.4 Å². The van der Waals surface area contributed by atoms with Crippen molar-refractivity contribution in [3.63, 3.8) is 0 Å². The average molecular weight is 404 g/mol.